The molecule has 1 aliphatic carbocycles. The van der Waals surface area contributed by atoms with Gasteiger partial charge >= 0.3 is 5.97 Å². The van der Waals surface area contributed by atoms with E-state index >= 15 is 0 Å². The molecule has 6 nitrogen and oxygen atoms in total. The zero-order valence-corrected chi connectivity index (χ0v) is 14.9. The van der Waals surface area contributed by atoms with E-state index in [1.807, 2.05) is 35.2 Å². The van der Waals surface area contributed by atoms with E-state index in [0.29, 0.717) is 25.9 Å². The molecule has 2 amide bonds. The molecule has 1 aromatic carbocycles. The summed E-state index contributed by atoms with van der Waals surface area (Å²) in [5.74, 6) is -1.06. The van der Waals surface area contributed by atoms with Crippen molar-refractivity contribution in [2.24, 2.45) is 11.8 Å². The predicted molar refractivity (Wildman–Crippen MR) is 96.4 cm³/mol. The number of nitrogens with one attached hydrogen (secondary N) is 1. The van der Waals surface area contributed by atoms with Crippen LogP contribution in [-0.4, -0.2) is 46.9 Å². The van der Waals surface area contributed by atoms with Gasteiger partial charge in [0, 0.05) is 31.3 Å². The number of piperidine rings is 1. The van der Waals surface area contributed by atoms with Crippen LogP contribution in [-0.2, 0) is 20.8 Å². The third-order valence-corrected chi connectivity index (χ3v) is 5.53. The van der Waals surface area contributed by atoms with Gasteiger partial charge in [-0.15, -0.1) is 0 Å². The number of aliphatic carboxylic acids is 1. The average Bonchev–Trinajstić information content (AvgIpc) is 2.60. The van der Waals surface area contributed by atoms with Crippen LogP contribution in [0.2, 0.25) is 0 Å². The molecule has 3 rings (SSSR count). The maximum absolute atomic E-state index is 12.5. The summed E-state index contributed by atoms with van der Waals surface area (Å²) in [4.78, 5) is 38.2. The number of hydrogen-bond acceptors (Lipinski definition) is 3. The number of amides is 2. The van der Waals surface area contributed by atoms with Crippen molar-refractivity contribution in [3.63, 3.8) is 0 Å². The molecular weight excluding hydrogens is 332 g/mol. The zero-order valence-electron chi connectivity index (χ0n) is 14.9. The topological polar surface area (TPSA) is 86.7 Å². The van der Waals surface area contributed by atoms with Crippen LogP contribution in [0.1, 0.15) is 37.7 Å². The minimum Gasteiger partial charge on any atom is -0.480 e. The molecule has 0 unspecified atom stereocenters. The second-order valence-corrected chi connectivity index (χ2v) is 7.32. The third kappa shape index (κ3) is 4.42. The first kappa shape index (κ1) is 18.4. The van der Waals surface area contributed by atoms with E-state index in [1.165, 1.54) is 0 Å². The summed E-state index contributed by atoms with van der Waals surface area (Å²) in [5.41, 5.74) is 0.876. The zero-order chi connectivity index (χ0) is 18.5. The lowest BCUT2D eigenvalue weighted by Crippen LogP contribution is -2.49. The summed E-state index contributed by atoms with van der Waals surface area (Å²) in [6.07, 6.45) is 4.57. The van der Waals surface area contributed by atoms with Gasteiger partial charge in [-0.3, -0.25) is 9.59 Å². The molecule has 0 aromatic heterocycles. The predicted octanol–water partition coefficient (Wildman–Crippen LogP) is 1.84. The van der Waals surface area contributed by atoms with Gasteiger partial charge in [0.05, 0.1) is 0 Å². The van der Waals surface area contributed by atoms with Crippen LogP contribution in [0.25, 0.3) is 0 Å². The lowest BCUT2D eigenvalue weighted by molar-refractivity contribution is -0.143. The highest BCUT2D eigenvalue weighted by Crippen LogP contribution is 2.30. The molecular formula is C20H26N2O4. The molecule has 26 heavy (non-hydrogen) atoms. The Labute approximate surface area is 153 Å². The Hall–Kier alpha value is -2.37. The molecule has 1 aliphatic heterocycles. The van der Waals surface area contributed by atoms with Crippen LogP contribution in [0.4, 0.5) is 0 Å². The minimum absolute atomic E-state index is 0.183. The minimum atomic E-state index is -1.03. The Kier molecular flexibility index (Phi) is 5.91. The smallest absolute Gasteiger partial charge is 0.326 e. The number of carboxylic acids is 1. The Morgan fingerprint density at radius 3 is 2.23 bits per heavy atom. The van der Waals surface area contributed by atoms with Crippen molar-refractivity contribution in [2.45, 2.75) is 44.6 Å². The summed E-state index contributed by atoms with van der Waals surface area (Å²) in [7, 11) is 0. The van der Waals surface area contributed by atoms with E-state index in [4.69, 9.17) is 0 Å². The van der Waals surface area contributed by atoms with Crippen molar-refractivity contribution in [3.05, 3.63) is 35.9 Å². The Bertz CT molecular complexity index is 649. The van der Waals surface area contributed by atoms with E-state index < -0.39 is 12.0 Å². The number of likely N-dealkylation sites (tertiary alicyclic amines) is 1. The van der Waals surface area contributed by atoms with Gasteiger partial charge < -0.3 is 15.3 Å². The van der Waals surface area contributed by atoms with E-state index in [9.17, 15) is 19.5 Å². The van der Waals surface area contributed by atoms with Crippen molar-refractivity contribution >= 4 is 17.8 Å². The molecule has 2 aliphatic rings. The number of carbonyl (C=O) groups is 3. The summed E-state index contributed by atoms with van der Waals surface area (Å²) < 4.78 is 0. The SMILES string of the molecule is O=C(N[C@@H](Cc1ccccc1)C(=O)O)C1CCN(C(=O)C2CCC2)CC1. The van der Waals surface area contributed by atoms with Gasteiger partial charge in [0.2, 0.25) is 11.8 Å². The third-order valence-electron chi connectivity index (χ3n) is 5.53. The Morgan fingerprint density at radius 1 is 1.04 bits per heavy atom. The first-order valence-electron chi connectivity index (χ1n) is 9.40. The molecule has 1 aromatic rings. The van der Waals surface area contributed by atoms with Gasteiger partial charge in [0.1, 0.15) is 6.04 Å². The maximum Gasteiger partial charge on any atom is 0.326 e. The van der Waals surface area contributed by atoms with Crippen LogP contribution in [0.5, 0.6) is 0 Å². The van der Waals surface area contributed by atoms with Crippen molar-refractivity contribution in [1.82, 2.24) is 10.2 Å². The van der Waals surface area contributed by atoms with Crippen molar-refractivity contribution in [2.75, 3.05) is 13.1 Å². The first-order valence-corrected chi connectivity index (χ1v) is 9.40. The van der Waals surface area contributed by atoms with Gasteiger partial charge in [-0.05, 0) is 31.2 Å². The first-order chi connectivity index (χ1) is 12.5. The van der Waals surface area contributed by atoms with E-state index in [-0.39, 0.29) is 30.1 Å². The summed E-state index contributed by atoms with van der Waals surface area (Å²) in [6.45, 7) is 1.17. The Morgan fingerprint density at radius 2 is 1.69 bits per heavy atom. The highest BCUT2D eigenvalue weighted by molar-refractivity contribution is 5.85. The molecule has 0 bridgehead atoms. The average molecular weight is 358 g/mol. The molecule has 0 spiro atoms. The second kappa shape index (κ2) is 8.34. The molecule has 2 fully saturated rings. The molecule has 0 radical (unpaired) electrons. The standard InChI is InChI=1S/C20H26N2O4/c23-18(21-17(20(25)26)13-14-5-2-1-3-6-14)15-9-11-22(12-10-15)19(24)16-7-4-8-16/h1-3,5-6,15-17H,4,7-13H2,(H,21,23)(H,25,26)/t17-/m0/s1. The van der Waals surface area contributed by atoms with Crippen LogP contribution in [0, 0.1) is 11.8 Å². The number of benzene rings is 1. The van der Waals surface area contributed by atoms with Crippen LogP contribution in [0.15, 0.2) is 30.3 Å². The van der Waals surface area contributed by atoms with E-state index in [0.717, 1.165) is 24.8 Å². The normalized spacial score (nSPS) is 19.5. The van der Waals surface area contributed by atoms with Crippen molar-refractivity contribution in [3.8, 4) is 0 Å². The van der Waals surface area contributed by atoms with Gasteiger partial charge in [-0.1, -0.05) is 36.8 Å². The molecule has 140 valence electrons. The monoisotopic (exact) mass is 358 g/mol. The fourth-order valence-corrected chi connectivity index (χ4v) is 3.61. The van der Waals surface area contributed by atoms with Crippen LogP contribution < -0.4 is 5.32 Å². The fourth-order valence-electron chi connectivity index (χ4n) is 3.61. The largest absolute Gasteiger partial charge is 0.480 e. The fraction of sp³-hybridized carbons (Fsp3) is 0.550. The van der Waals surface area contributed by atoms with Gasteiger partial charge in [0.25, 0.3) is 0 Å². The number of carbonyl (C=O) groups excluding carboxylic acids is 2. The highest BCUT2D eigenvalue weighted by Gasteiger charge is 2.34. The molecule has 1 saturated heterocycles. The molecule has 1 atom stereocenters. The van der Waals surface area contributed by atoms with E-state index in [2.05, 4.69) is 5.32 Å². The van der Waals surface area contributed by atoms with Crippen molar-refractivity contribution < 1.29 is 19.5 Å². The Balaban J connectivity index is 1.50. The second-order valence-electron chi connectivity index (χ2n) is 7.32. The van der Waals surface area contributed by atoms with Gasteiger partial charge in [0.15, 0.2) is 0 Å². The number of rotatable bonds is 6. The summed E-state index contributed by atoms with van der Waals surface area (Å²) >= 11 is 0. The van der Waals surface area contributed by atoms with Gasteiger partial charge in [-0.2, -0.15) is 0 Å². The molecule has 2 N–H and O–H groups in total. The molecule has 1 heterocycles. The molecule has 1 saturated carbocycles. The quantitative estimate of drug-likeness (QED) is 0.812. The number of hydrogen-bond donors (Lipinski definition) is 2. The lowest BCUT2D eigenvalue weighted by Gasteiger charge is -2.36. The highest BCUT2D eigenvalue weighted by atomic mass is 16.4. The van der Waals surface area contributed by atoms with Crippen LogP contribution >= 0.6 is 0 Å². The van der Waals surface area contributed by atoms with E-state index in [1.54, 1.807) is 0 Å². The number of nitrogens with zero attached hydrogens (tertiary/aromatic N) is 1. The molecule has 6 heteroatoms. The lowest BCUT2D eigenvalue weighted by atomic mass is 9.83. The summed E-state index contributed by atoms with van der Waals surface area (Å²) in [6, 6.07) is 8.35. The van der Waals surface area contributed by atoms with Crippen molar-refractivity contribution in [1.29, 1.82) is 0 Å². The maximum atomic E-state index is 12.5. The summed E-state index contributed by atoms with van der Waals surface area (Å²) in [5, 5.41) is 12.1. The van der Waals surface area contributed by atoms with Gasteiger partial charge in [-0.25, -0.2) is 4.79 Å². The van der Waals surface area contributed by atoms with Crippen LogP contribution in [0.3, 0.4) is 0 Å². The number of carboxylic acid groups (broad SMARTS) is 1.